The van der Waals surface area contributed by atoms with Crippen molar-refractivity contribution in [3.8, 4) is 23.7 Å². The molecular formula is C36H58O9. The minimum absolute atomic E-state index is 0.199. The number of ether oxygens (including phenoxy) is 3. The maximum atomic E-state index is 12.1. The van der Waals surface area contributed by atoms with Crippen molar-refractivity contribution in [2.24, 2.45) is 0 Å². The van der Waals surface area contributed by atoms with Gasteiger partial charge in [-0.25, -0.2) is 0 Å². The van der Waals surface area contributed by atoms with E-state index in [1.54, 1.807) is 18.2 Å². The average Bonchev–Trinajstić information content (AvgIpc) is 3.04. The molecule has 1 aliphatic rings. The van der Waals surface area contributed by atoms with Crippen LogP contribution in [0.5, 0.6) is 0 Å². The third-order valence-corrected chi connectivity index (χ3v) is 7.64. The standard InChI is InChI=1S/C36H58O9/c1-3-5-7-9-10-11-12-13-14-15-16-18-22-26-32(39)43-27-23-19-21-25-30(29(38)24-20-17-8-6-4-2)44-36-35(42)34(41)33(40)31(28-37)45-36/h4,6,21,25,29-31,33-38,40-42H,3,5,7,9-16,18-19,22-23,26-28H2,1-2H3/b6-4+,25-21+/t29-,30-,31-,33-,34+,35-,36-/m1/s1. The third-order valence-electron chi connectivity index (χ3n) is 7.64. The topological polar surface area (TPSA) is 146 Å². The Morgan fingerprint density at radius 2 is 1.49 bits per heavy atom. The minimum Gasteiger partial charge on any atom is -0.466 e. The Kier molecular flexibility index (Phi) is 24.4. The minimum atomic E-state index is -1.62. The van der Waals surface area contributed by atoms with Gasteiger partial charge >= 0.3 is 5.97 Å². The lowest BCUT2D eigenvalue weighted by Crippen LogP contribution is -2.60. The monoisotopic (exact) mass is 634 g/mol. The fraction of sp³-hybridized carbons (Fsp3) is 0.750. The fourth-order valence-electron chi connectivity index (χ4n) is 4.89. The zero-order valence-corrected chi connectivity index (χ0v) is 27.4. The van der Waals surface area contributed by atoms with Gasteiger partial charge in [0.1, 0.15) is 36.6 Å². The molecule has 0 saturated carbocycles. The van der Waals surface area contributed by atoms with Crippen LogP contribution in [-0.4, -0.2) is 87.6 Å². The van der Waals surface area contributed by atoms with Gasteiger partial charge in [-0.2, -0.15) is 0 Å². The summed E-state index contributed by atoms with van der Waals surface area (Å²) in [5.41, 5.74) is 0. The Bertz CT molecular complexity index is 940. The first kappa shape index (κ1) is 40.8. The van der Waals surface area contributed by atoms with E-state index >= 15 is 0 Å². The summed E-state index contributed by atoms with van der Waals surface area (Å²) in [4.78, 5) is 12.1. The Labute approximate surface area is 271 Å². The van der Waals surface area contributed by atoms with Crippen LogP contribution in [0.25, 0.3) is 0 Å². The van der Waals surface area contributed by atoms with Gasteiger partial charge in [0, 0.05) is 6.42 Å². The van der Waals surface area contributed by atoms with Crippen LogP contribution in [0.1, 0.15) is 117 Å². The van der Waals surface area contributed by atoms with E-state index in [-0.39, 0.29) is 12.6 Å². The molecule has 0 aliphatic carbocycles. The van der Waals surface area contributed by atoms with Gasteiger partial charge in [0.15, 0.2) is 6.29 Å². The molecule has 0 aromatic rings. The number of carbonyl (C=O) groups is 1. The predicted octanol–water partition coefficient (Wildman–Crippen LogP) is 4.48. The molecule has 1 heterocycles. The van der Waals surface area contributed by atoms with E-state index < -0.39 is 49.5 Å². The lowest BCUT2D eigenvalue weighted by atomic mass is 9.99. The first-order chi connectivity index (χ1) is 21.8. The lowest BCUT2D eigenvalue weighted by Gasteiger charge is -2.40. The van der Waals surface area contributed by atoms with Crippen LogP contribution in [-0.2, 0) is 19.0 Å². The average molecular weight is 635 g/mol. The van der Waals surface area contributed by atoms with Gasteiger partial charge in [0.25, 0.3) is 0 Å². The van der Waals surface area contributed by atoms with Crippen LogP contribution in [0.4, 0.5) is 0 Å². The largest absolute Gasteiger partial charge is 0.466 e. The number of allylic oxidation sites excluding steroid dienone is 3. The van der Waals surface area contributed by atoms with Crippen molar-refractivity contribution in [3.63, 3.8) is 0 Å². The molecule has 0 radical (unpaired) electrons. The molecule has 0 aromatic heterocycles. The van der Waals surface area contributed by atoms with E-state index in [1.165, 1.54) is 70.3 Å². The smallest absolute Gasteiger partial charge is 0.305 e. The summed E-state index contributed by atoms with van der Waals surface area (Å²) in [6.07, 6.45) is 14.6. The second kappa shape index (κ2) is 27.0. The molecule has 1 saturated heterocycles. The van der Waals surface area contributed by atoms with Crippen molar-refractivity contribution in [2.45, 2.75) is 159 Å². The maximum absolute atomic E-state index is 12.1. The van der Waals surface area contributed by atoms with E-state index in [0.717, 1.165) is 19.3 Å². The molecule has 7 atom stereocenters. The summed E-state index contributed by atoms with van der Waals surface area (Å²) in [7, 11) is 0. The van der Waals surface area contributed by atoms with Crippen molar-refractivity contribution in [3.05, 3.63) is 24.3 Å². The Balaban J connectivity index is 2.37. The van der Waals surface area contributed by atoms with E-state index in [0.29, 0.717) is 19.3 Å². The maximum Gasteiger partial charge on any atom is 0.305 e. The Morgan fingerprint density at radius 1 is 0.867 bits per heavy atom. The number of hydrogen-bond acceptors (Lipinski definition) is 9. The van der Waals surface area contributed by atoms with Crippen molar-refractivity contribution in [1.29, 1.82) is 0 Å². The summed E-state index contributed by atoms with van der Waals surface area (Å²) < 4.78 is 16.5. The van der Waals surface area contributed by atoms with Crippen molar-refractivity contribution < 1.29 is 44.5 Å². The number of hydrogen-bond donors (Lipinski definition) is 5. The quantitative estimate of drug-likeness (QED) is 0.0475. The number of aliphatic hydroxyl groups is 5. The number of carbonyl (C=O) groups excluding carboxylic acids is 1. The van der Waals surface area contributed by atoms with Crippen LogP contribution in [0, 0.1) is 23.7 Å². The molecule has 1 rings (SSSR count). The fourth-order valence-corrected chi connectivity index (χ4v) is 4.89. The van der Waals surface area contributed by atoms with Gasteiger partial charge in [0.05, 0.1) is 13.2 Å². The molecule has 1 fully saturated rings. The van der Waals surface area contributed by atoms with Crippen molar-refractivity contribution >= 4 is 5.97 Å². The number of rotatable bonds is 23. The van der Waals surface area contributed by atoms with Crippen molar-refractivity contribution in [2.75, 3.05) is 13.2 Å². The Hall–Kier alpha value is -2.21. The third kappa shape index (κ3) is 19.1. The van der Waals surface area contributed by atoms with Gasteiger partial charge < -0.3 is 39.7 Å². The molecule has 0 amide bonds. The van der Waals surface area contributed by atoms with Crippen LogP contribution >= 0.6 is 0 Å². The summed E-state index contributed by atoms with van der Waals surface area (Å²) in [6.45, 7) is 3.72. The van der Waals surface area contributed by atoms with E-state index in [1.807, 2.05) is 6.92 Å². The second-order valence-electron chi connectivity index (χ2n) is 11.6. The highest BCUT2D eigenvalue weighted by molar-refractivity contribution is 5.69. The molecule has 9 heteroatoms. The molecule has 45 heavy (non-hydrogen) atoms. The van der Waals surface area contributed by atoms with Crippen LogP contribution in [0.2, 0.25) is 0 Å². The number of aliphatic hydroxyl groups excluding tert-OH is 5. The van der Waals surface area contributed by atoms with Gasteiger partial charge in [-0.15, -0.1) is 0 Å². The summed E-state index contributed by atoms with van der Waals surface area (Å²) in [6, 6.07) is 0. The molecular weight excluding hydrogens is 576 g/mol. The molecule has 0 aromatic carbocycles. The van der Waals surface area contributed by atoms with Crippen LogP contribution < -0.4 is 0 Å². The molecule has 0 spiro atoms. The van der Waals surface area contributed by atoms with Crippen LogP contribution in [0.3, 0.4) is 0 Å². The first-order valence-corrected chi connectivity index (χ1v) is 16.9. The summed E-state index contributed by atoms with van der Waals surface area (Å²) in [5, 5.41) is 50.5. The highest BCUT2D eigenvalue weighted by Crippen LogP contribution is 2.24. The SMILES string of the molecule is C/C=C/C#CC#C[C@@H](O)[C@@H](/C=C/CCCOC(=O)CCCCCCCCCCCCCCC)O[C@@H]1O[C@H](CO)[C@@H](O)[C@H](O)[C@H]1O. The molecule has 5 N–H and O–H groups in total. The van der Waals surface area contributed by atoms with Crippen LogP contribution in [0.15, 0.2) is 24.3 Å². The van der Waals surface area contributed by atoms with Gasteiger partial charge in [-0.3, -0.25) is 4.79 Å². The van der Waals surface area contributed by atoms with Gasteiger partial charge in [-0.05, 0) is 44.1 Å². The number of esters is 1. The molecule has 0 bridgehead atoms. The summed E-state index contributed by atoms with van der Waals surface area (Å²) >= 11 is 0. The summed E-state index contributed by atoms with van der Waals surface area (Å²) in [5.74, 6) is 10.2. The second-order valence-corrected chi connectivity index (χ2v) is 11.6. The molecule has 256 valence electrons. The zero-order chi connectivity index (χ0) is 33.1. The molecule has 1 aliphatic heterocycles. The zero-order valence-electron chi connectivity index (χ0n) is 27.4. The Morgan fingerprint density at radius 3 is 2.09 bits per heavy atom. The van der Waals surface area contributed by atoms with Gasteiger partial charge in [0.2, 0.25) is 0 Å². The van der Waals surface area contributed by atoms with E-state index in [4.69, 9.17) is 14.2 Å². The van der Waals surface area contributed by atoms with Gasteiger partial charge in [-0.1, -0.05) is 114 Å². The first-order valence-electron chi connectivity index (χ1n) is 16.9. The molecule has 0 unspecified atom stereocenters. The van der Waals surface area contributed by atoms with E-state index in [2.05, 4.69) is 30.6 Å². The number of unbranched alkanes of at least 4 members (excludes halogenated alkanes) is 13. The molecule has 9 nitrogen and oxygen atoms in total. The predicted molar refractivity (Wildman–Crippen MR) is 175 cm³/mol. The van der Waals surface area contributed by atoms with Crippen molar-refractivity contribution in [1.82, 2.24) is 0 Å². The highest BCUT2D eigenvalue weighted by atomic mass is 16.7. The lowest BCUT2D eigenvalue weighted by molar-refractivity contribution is -0.311. The normalized spacial score (nSPS) is 22.9. The van der Waals surface area contributed by atoms with E-state index in [9.17, 15) is 30.3 Å². The highest BCUT2D eigenvalue weighted by Gasteiger charge is 2.45.